The largest absolute Gasteiger partial charge is 0.374 e. The van der Waals surface area contributed by atoms with Crippen molar-refractivity contribution in [3.8, 4) is 0 Å². The van der Waals surface area contributed by atoms with Crippen molar-refractivity contribution in [2.45, 2.75) is 32.5 Å². The topological polar surface area (TPSA) is 31.8 Å². The summed E-state index contributed by atoms with van der Waals surface area (Å²) in [5.41, 5.74) is 0. The Labute approximate surface area is 137 Å². The van der Waals surface area contributed by atoms with Crippen molar-refractivity contribution >= 4 is 11.3 Å². The number of thiazole rings is 1. The first-order valence-electron chi connectivity index (χ1n) is 8.39. The maximum Gasteiger partial charge on any atom is 0.107 e. The fraction of sp³-hybridized carbons (Fsp3) is 0.812. The zero-order valence-corrected chi connectivity index (χ0v) is 14.6. The third-order valence-corrected chi connectivity index (χ3v) is 5.43. The highest BCUT2D eigenvalue weighted by Crippen LogP contribution is 2.13. The van der Waals surface area contributed by atoms with E-state index < -0.39 is 0 Å². The number of nitrogens with zero attached hydrogens (tertiary/aromatic N) is 4. The second kappa shape index (κ2) is 7.84. The van der Waals surface area contributed by atoms with Crippen LogP contribution in [0.1, 0.15) is 18.9 Å². The SMILES string of the molecule is CC(C)N1CCO[C@@H](CN2CCN(Cc3nccs3)CC2)C1. The first kappa shape index (κ1) is 16.3. The van der Waals surface area contributed by atoms with Gasteiger partial charge in [-0.1, -0.05) is 0 Å². The highest BCUT2D eigenvalue weighted by Gasteiger charge is 2.26. The number of hydrogen-bond acceptors (Lipinski definition) is 6. The minimum Gasteiger partial charge on any atom is -0.374 e. The summed E-state index contributed by atoms with van der Waals surface area (Å²) in [6, 6.07) is 0.626. The molecule has 0 bridgehead atoms. The molecule has 1 atom stereocenters. The van der Waals surface area contributed by atoms with Crippen LogP contribution < -0.4 is 0 Å². The van der Waals surface area contributed by atoms with Gasteiger partial charge in [0.2, 0.25) is 0 Å². The Balaban J connectivity index is 1.40. The van der Waals surface area contributed by atoms with E-state index in [1.165, 1.54) is 5.01 Å². The average molecular weight is 324 g/mol. The summed E-state index contributed by atoms with van der Waals surface area (Å²) >= 11 is 1.76. The molecule has 0 aliphatic carbocycles. The van der Waals surface area contributed by atoms with E-state index in [1.807, 2.05) is 6.20 Å². The van der Waals surface area contributed by atoms with E-state index >= 15 is 0 Å². The van der Waals surface area contributed by atoms with Gasteiger partial charge in [-0.05, 0) is 13.8 Å². The molecule has 2 fully saturated rings. The number of morpholine rings is 1. The quantitative estimate of drug-likeness (QED) is 0.817. The molecule has 5 nitrogen and oxygen atoms in total. The van der Waals surface area contributed by atoms with Crippen molar-refractivity contribution in [2.75, 3.05) is 52.4 Å². The third-order valence-electron chi connectivity index (χ3n) is 4.67. The summed E-state index contributed by atoms with van der Waals surface area (Å²) in [5, 5.41) is 3.29. The summed E-state index contributed by atoms with van der Waals surface area (Å²) < 4.78 is 5.97. The number of hydrogen-bond donors (Lipinski definition) is 0. The molecule has 6 heteroatoms. The molecule has 124 valence electrons. The van der Waals surface area contributed by atoms with Gasteiger partial charge in [0.15, 0.2) is 0 Å². The molecular weight excluding hydrogens is 296 g/mol. The number of rotatable bonds is 5. The van der Waals surface area contributed by atoms with Gasteiger partial charge in [0.05, 0.1) is 19.3 Å². The van der Waals surface area contributed by atoms with Crippen molar-refractivity contribution < 1.29 is 4.74 Å². The highest BCUT2D eigenvalue weighted by atomic mass is 32.1. The van der Waals surface area contributed by atoms with Crippen molar-refractivity contribution in [1.82, 2.24) is 19.7 Å². The molecule has 2 aliphatic rings. The van der Waals surface area contributed by atoms with Crippen LogP contribution in [0.2, 0.25) is 0 Å². The number of piperazine rings is 1. The molecule has 22 heavy (non-hydrogen) atoms. The molecule has 3 rings (SSSR count). The van der Waals surface area contributed by atoms with E-state index in [0.29, 0.717) is 12.1 Å². The lowest BCUT2D eigenvalue weighted by Gasteiger charge is -2.40. The van der Waals surface area contributed by atoms with Gasteiger partial charge < -0.3 is 4.74 Å². The van der Waals surface area contributed by atoms with Gasteiger partial charge in [0.1, 0.15) is 5.01 Å². The third kappa shape index (κ3) is 4.49. The molecular formula is C16H28N4OS. The Morgan fingerprint density at radius 2 is 2.00 bits per heavy atom. The summed E-state index contributed by atoms with van der Waals surface area (Å²) in [7, 11) is 0. The first-order chi connectivity index (χ1) is 10.7. The summed E-state index contributed by atoms with van der Waals surface area (Å²) in [4.78, 5) is 12.0. The van der Waals surface area contributed by atoms with E-state index in [-0.39, 0.29) is 0 Å². The molecule has 0 radical (unpaired) electrons. The lowest BCUT2D eigenvalue weighted by atomic mass is 10.2. The Morgan fingerprint density at radius 1 is 1.23 bits per heavy atom. The summed E-state index contributed by atoms with van der Waals surface area (Å²) in [5.74, 6) is 0. The van der Waals surface area contributed by atoms with Crippen molar-refractivity contribution in [3.05, 3.63) is 16.6 Å². The van der Waals surface area contributed by atoms with E-state index in [2.05, 4.69) is 38.9 Å². The summed E-state index contributed by atoms with van der Waals surface area (Å²) in [6.45, 7) is 14.3. The predicted molar refractivity (Wildman–Crippen MR) is 90.3 cm³/mol. The smallest absolute Gasteiger partial charge is 0.107 e. The van der Waals surface area contributed by atoms with E-state index in [0.717, 1.165) is 59.0 Å². The summed E-state index contributed by atoms with van der Waals surface area (Å²) in [6.07, 6.45) is 2.28. The minimum atomic E-state index is 0.377. The van der Waals surface area contributed by atoms with Crippen molar-refractivity contribution in [2.24, 2.45) is 0 Å². The zero-order valence-electron chi connectivity index (χ0n) is 13.8. The van der Waals surface area contributed by atoms with Crippen LogP contribution in [0.15, 0.2) is 11.6 Å². The molecule has 0 aromatic carbocycles. The zero-order chi connectivity index (χ0) is 15.4. The Morgan fingerprint density at radius 3 is 2.68 bits per heavy atom. The van der Waals surface area contributed by atoms with Crippen LogP contribution in [0, 0.1) is 0 Å². The Bertz CT molecular complexity index is 431. The number of ether oxygens (including phenoxy) is 1. The van der Waals surface area contributed by atoms with Crippen LogP contribution in [0.25, 0.3) is 0 Å². The molecule has 2 aliphatic heterocycles. The maximum absolute atomic E-state index is 5.97. The Kier molecular flexibility index (Phi) is 5.82. The lowest BCUT2D eigenvalue weighted by Crippen LogP contribution is -2.53. The molecule has 3 heterocycles. The van der Waals surface area contributed by atoms with Crippen LogP contribution >= 0.6 is 11.3 Å². The van der Waals surface area contributed by atoms with Crippen molar-refractivity contribution in [3.63, 3.8) is 0 Å². The van der Waals surface area contributed by atoms with Crippen LogP contribution in [-0.4, -0.2) is 84.2 Å². The van der Waals surface area contributed by atoms with E-state index in [1.54, 1.807) is 11.3 Å². The molecule has 0 N–H and O–H groups in total. The van der Waals surface area contributed by atoms with Crippen LogP contribution in [0.3, 0.4) is 0 Å². The van der Waals surface area contributed by atoms with Gasteiger partial charge in [-0.15, -0.1) is 11.3 Å². The normalized spacial score (nSPS) is 25.9. The fourth-order valence-electron chi connectivity index (χ4n) is 3.26. The molecule has 0 unspecified atom stereocenters. The van der Waals surface area contributed by atoms with Crippen LogP contribution in [0.4, 0.5) is 0 Å². The number of aromatic nitrogens is 1. The van der Waals surface area contributed by atoms with Crippen molar-refractivity contribution in [1.29, 1.82) is 0 Å². The highest BCUT2D eigenvalue weighted by molar-refractivity contribution is 7.09. The fourth-order valence-corrected chi connectivity index (χ4v) is 3.92. The van der Waals surface area contributed by atoms with E-state index in [9.17, 15) is 0 Å². The molecule has 0 amide bonds. The molecule has 2 saturated heterocycles. The Hall–Kier alpha value is -0.530. The van der Waals surface area contributed by atoms with Gasteiger partial charge in [0, 0.05) is 63.4 Å². The minimum absolute atomic E-state index is 0.377. The molecule has 0 spiro atoms. The second-order valence-corrected chi connectivity index (χ2v) is 7.56. The maximum atomic E-state index is 5.97. The van der Waals surface area contributed by atoms with Crippen LogP contribution in [0.5, 0.6) is 0 Å². The average Bonchev–Trinajstić information content (AvgIpc) is 3.02. The molecule has 0 saturated carbocycles. The van der Waals surface area contributed by atoms with Crippen LogP contribution in [-0.2, 0) is 11.3 Å². The van der Waals surface area contributed by atoms with Gasteiger partial charge in [0.25, 0.3) is 0 Å². The second-order valence-electron chi connectivity index (χ2n) is 6.58. The van der Waals surface area contributed by atoms with E-state index in [4.69, 9.17) is 4.74 Å². The monoisotopic (exact) mass is 324 g/mol. The van der Waals surface area contributed by atoms with Gasteiger partial charge in [-0.25, -0.2) is 4.98 Å². The van der Waals surface area contributed by atoms with Gasteiger partial charge in [-0.2, -0.15) is 0 Å². The standard InChI is InChI=1S/C16H28N4OS/c1-14(2)20-8-9-21-15(12-20)11-18-4-6-19(7-5-18)13-16-17-3-10-22-16/h3,10,14-15H,4-9,11-13H2,1-2H3/t15-/m0/s1. The molecule has 1 aromatic rings. The predicted octanol–water partition coefficient (Wildman–Crippen LogP) is 1.37. The lowest BCUT2D eigenvalue weighted by molar-refractivity contribution is -0.0565. The first-order valence-corrected chi connectivity index (χ1v) is 9.27. The van der Waals surface area contributed by atoms with Gasteiger partial charge in [-0.3, -0.25) is 14.7 Å². The van der Waals surface area contributed by atoms with Gasteiger partial charge >= 0.3 is 0 Å². The molecule has 1 aromatic heterocycles.